The maximum Gasteiger partial charge on any atom is 0.352 e. The van der Waals surface area contributed by atoms with Crippen molar-refractivity contribution in [3.05, 3.63) is 28.0 Å². The van der Waals surface area contributed by atoms with Gasteiger partial charge < -0.3 is 15.0 Å². The molecule has 1 aliphatic rings. The van der Waals surface area contributed by atoms with Gasteiger partial charge in [0.15, 0.2) is 0 Å². The van der Waals surface area contributed by atoms with E-state index in [9.17, 15) is 14.0 Å². The average molecular weight is 359 g/mol. The molecule has 114 valence electrons. The first-order valence-corrected chi connectivity index (χ1v) is 7.21. The molecule has 5 nitrogen and oxygen atoms in total. The Labute approximate surface area is 130 Å². The molecule has 1 aromatic rings. The predicted molar refractivity (Wildman–Crippen MR) is 79.6 cm³/mol. The van der Waals surface area contributed by atoms with Gasteiger partial charge in [-0.25, -0.2) is 9.18 Å². The van der Waals surface area contributed by atoms with Crippen molar-refractivity contribution in [1.29, 1.82) is 0 Å². The molecule has 0 bridgehead atoms. The number of halogens is 2. The van der Waals surface area contributed by atoms with Gasteiger partial charge in [-0.2, -0.15) is 0 Å². The van der Waals surface area contributed by atoms with Crippen LogP contribution in [0.3, 0.4) is 0 Å². The van der Waals surface area contributed by atoms with Gasteiger partial charge in [0, 0.05) is 10.5 Å². The lowest BCUT2D eigenvalue weighted by molar-refractivity contribution is -0.147. The van der Waals surface area contributed by atoms with Crippen molar-refractivity contribution in [3.63, 3.8) is 0 Å². The van der Waals surface area contributed by atoms with Gasteiger partial charge in [-0.3, -0.25) is 4.79 Å². The molecule has 1 heterocycles. The lowest BCUT2D eigenvalue weighted by atomic mass is 9.98. The summed E-state index contributed by atoms with van der Waals surface area (Å²) in [6, 6.07) is 2.68. The standard InChI is InChI=1S/C14H16BrFN2O3/c1-7(2)18-10-6-8(15)5-9(16)11(10)12(19)17-14(18,3)13(20)21-4/h5-7H,1-4H3,(H,17,19). The van der Waals surface area contributed by atoms with Crippen molar-refractivity contribution in [2.45, 2.75) is 32.5 Å². The molecule has 1 aromatic carbocycles. The number of fused-ring (bicyclic) bond motifs is 1. The van der Waals surface area contributed by atoms with E-state index >= 15 is 0 Å². The van der Waals surface area contributed by atoms with Crippen LogP contribution in [-0.4, -0.2) is 30.7 Å². The minimum atomic E-state index is -1.39. The first-order chi connectivity index (χ1) is 9.72. The number of benzene rings is 1. The highest BCUT2D eigenvalue weighted by Crippen LogP contribution is 2.37. The summed E-state index contributed by atoms with van der Waals surface area (Å²) in [7, 11) is 1.25. The van der Waals surface area contributed by atoms with Crippen molar-refractivity contribution in [3.8, 4) is 0 Å². The monoisotopic (exact) mass is 358 g/mol. The highest BCUT2D eigenvalue weighted by molar-refractivity contribution is 9.10. The van der Waals surface area contributed by atoms with Gasteiger partial charge in [-0.1, -0.05) is 15.9 Å². The van der Waals surface area contributed by atoms with E-state index in [-0.39, 0.29) is 11.6 Å². The van der Waals surface area contributed by atoms with Gasteiger partial charge in [0.1, 0.15) is 5.82 Å². The van der Waals surface area contributed by atoms with Crippen LogP contribution in [-0.2, 0) is 9.53 Å². The molecule has 7 heteroatoms. The largest absolute Gasteiger partial charge is 0.466 e. The molecule has 0 spiro atoms. The molecule has 1 atom stereocenters. The number of rotatable bonds is 2. The van der Waals surface area contributed by atoms with E-state index in [1.807, 2.05) is 13.8 Å². The fourth-order valence-corrected chi connectivity index (χ4v) is 3.12. The summed E-state index contributed by atoms with van der Waals surface area (Å²) in [5.74, 6) is -1.90. The van der Waals surface area contributed by atoms with Crippen LogP contribution in [0.25, 0.3) is 0 Å². The lowest BCUT2D eigenvalue weighted by Gasteiger charge is -2.47. The van der Waals surface area contributed by atoms with E-state index in [1.54, 1.807) is 17.9 Å². The zero-order valence-corrected chi connectivity index (χ0v) is 13.7. The van der Waals surface area contributed by atoms with Crippen LogP contribution in [0.2, 0.25) is 0 Å². The smallest absolute Gasteiger partial charge is 0.352 e. The van der Waals surface area contributed by atoms with Crippen molar-refractivity contribution < 1.29 is 18.7 Å². The number of ether oxygens (including phenoxy) is 1. The maximum atomic E-state index is 14.1. The third-order valence-electron chi connectivity index (χ3n) is 3.46. The van der Waals surface area contributed by atoms with E-state index in [1.165, 1.54) is 13.2 Å². The van der Waals surface area contributed by atoms with Crippen LogP contribution in [0.4, 0.5) is 10.1 Å². The Kier molecular flexibility index (Phi) is 3.97. The Morgan fingerprint density at radius 2 is 2.10 bits per heavy atom. The topological polar surface area (TPSA) is 58.6 Å². The number of nitrogens with zero attached hydrogens (tertiary/aromatic N) is 1. The second-order valence-electron chi connectivity index (χ2n) is 5.26. The number of hydrogen-bond donors (Lipinski definition) is 1. The number of methoxy groups -OCH3 is 1. The molecule has 0 saturated heterocycles. The van der Waals surface area contributed by atoms with E-state index < -0.39 is 23.4 Å². The molecule has 0 aromatic heterocycles. The highest BCUT2D eigenvalue weighted by atomic mass is 79.9. The van der Waals surface area contributed by atoms with Crippen molar-refractivity contribution in [1.82, 2.24) is 5.32 Å². The van der Waals surface area contributed by atoms with Crippen LogP contribution in [0.15, 0.2) is 16.6 Å². The van der Waals surface area contributed by atoms with Crippen LogP contribution < -0.4 is 10.2 Å². The van der Waals surface area contributed by atoms with Crippen molar-refractivity contribution in [2.24, 2.45) is 0 Å². The van der Waals surface area contributed by atoms with Gasteiger partial charge in [-0.15, -0.1) is 0 Å². The third kappa shape index (κ3) is 2.39. The zero-order valence-electron chi connectivity index (χ0n) is 12.2. The number of nitrogens with one attached hydrogen (secondary N) is 1. The van der Waals surface area contributed by atoms with Gasteiger partial charge >= 0.3 is 5.97 Å². The predicted octanol–water partition coefficient (Wildman–Crippen LogP) is 2.44. The maximum absolute atomic E-state index is 14.1. The molecular weight excluding hydrogens is 343 g/mol. The molecule has 0 saturated carbocycles. The number of amides is 1. The van der Waals surface area contributed by atoms with E-state index in [4.69, 9.17) is 4.74 Å². The Bertz CT molecular complexity index is 620. The summed E-state index contributed by atoms with van der Waals surface area (Å²) in [4.78, 5) is 26.0. The molecule has 0 radical (unpaired) electrons. The van der Waals surface area contributed by atoms with Gasteiger partial charge in [-0.05, 0) is 32.9 Å². The van der Waals surface area contributed by atoms with Gasteiger partial charge in [0.2, 0.25) is 5.66 Å². The van der Waals surface area contributed by atoms with Crippen LogP contribution in [0, 0.1) is 5.82 Å². The molecule has 0 aliphatic carbocycles. The van der Waals surface area contributed by atoms with E-state index in [2.05, 4.69) is 21.2 Å². The Morgan fingerprint density at radius 3 is 2.62 bits per heavy atom. The molecule has 0 fully saturated rings. The van der Waals surface area contributed by atoms with E-state index in [0.717, 1.165) is 0 Å². The van der Waals surface area contributed by atoms with E-state index in [0.29, 0.717) is 10.2 Å². The first kappa shape index (κ1) is 15.8. The summed E-state index contributed by atoms with van der Waals surface area (Å²) < 4.78 is 19.4. The minimum Gasteiger partial charge on any atom is -0.466 e. The Morgan fingerprint density at radius 1 is 1.48 bits per heavy atom. The average Bonchev–Trinajstić information content (AvgIpc) is 2.35. The number of anilines is 1. The fourth-order valence-electron chi connectivity index (χ4n) is 2.70. The van der Waals surface area contributed by atoms with Crippen molar-refractivity contribution in [2.75, 3.05) is 12.0 Å². The fraction of sp³-hybridized carbons (Fsp3) is 0.429. The van der Waals surface area contributed by atoms with Crippen LogP contribution in [0.1, 0.15) is 31.1 Å². The first-order valence-electron chi connectivity index (χ1n) is 6.41. The minimum absolute atomic E-state index is 0.0757. The second kappa shape index (κ2) is 5.29. The van der Waals surface area contributed by atoms with Crippen LogP contribution in [0.5, 0.6) is 0 Å². The lowest BCUT2D eigenvalue weighted by Crippen LogP contribution is -2.69. The normalized spacial score (nSPS) is 21.1. The number of carbonyl (C=O) groups is 2. The summed E-state index contributed by atoms with van der Waals surface area (Å²) >= 11 is 3.21. The summed E-state index contributed by atoms with van der Waals surface area (Å²) in [6.07, 6.45) is 0. The molecular formula is C14H16BrFN2O3. The Hall–Kier alpha value is -1.63. The molecule has 1 amide bonds. The summed E-state index contributed by atoms with van der Waals surface area (Å²) in [5.41, 5.74) is -1.11. The molecule has 1 unspecified atom stereocenters. The van der Waals surface area contributed by atoms with Crippen molar-refractivity contribution >= 4 is 33.5 Å². The summed E-state index contributed by atoms with van der Waals surface area (Å²) in [6.45, 7) is 5.24. The molecule has 1 aliphatic heterocycles. The molecule has 21 heavy (non-hydrogen) atoms. The SMILES string of the molecule is COC(=O)C1(C)NC(=O)c2c(F)cc(Br)cc2N1C(C)C. The third-order valence-corrected chi connectivity index (χ3v) is 3.92. The Balaban J connectivity index is 2.73. The van der Waals surface area contributed by atoms with Gasteiger partial charge in [0.05, 0.1) is 18.4 Å². The summed E-state index contributed by atoms with van der Waals surface area (Å²) in [5, 5.41) is 2.55. The molecule has 1 N–H and O–H groups in total. The second-order valence-corrected chi connectivity index (χ2v) is 6.18. The quantitative estimate of drug-likeness (QED) is 0.825. The number of carbonyl (C=O) groups excluding carboxylic acids is 2. The number of esters is 1. The molecule has 2 rings (SSSR count). The number of hydrogen-bond acceptors (Lipinski definition) is 4. The highest BCUT2D eigenvalue weighted by Gasteiger charge is 2.49. The van der Waals surface area contributed by atoms with Crippen LogP contribution >= 0.6 is 15.9 Å². The zero-order chi connectivity index (χ0) is 15.9. The van der Waals surface area contributed by atoms with Gasteiger partial charge in [0.25, 0.3) is 5.91 Å².